The third kappa shape index (κ3) is 2.57. The van der Waals surface area contributed by atoms with Gasteiger partial charge in [0.1, 0.15) is 5.75 Å². The van der Waals surface area contributed by atoms with Gasteiger partial charge in [-0.15, -0.1) is 0 Å². The molecule has 0 radical (unpaired) electrons. The van der Waals surface area contributed by atoms with Crippen LogP contribution in [0.4, 0.5) is 0 Å². The molecule has 0 saturated carbocycles. The molecule has 0 saturated heterocycles. The summed E-state index contributed by atoms with van der Waals surface area (Å²) in [6.07, 6.45) is -0.619. The Morgan fingerprint density at radius 1 is 1.24 bits per heavy atom. The number of halogens is 1. The average molecular weight is 258 g/mol. The number of aliphatic hydroxyl groups excluding tert-OH is 1. The lowest BCUT2D eigenvalue weighted by molar-refractivity contribution is 0.172. The van der Waals surface area contributed by atoms with E-state index in [0.717, 1.165) is 28.0 Å². The van der Waals surface area contributed by atoms with Crippen molar-refractivity contribution in [3.8, 4) is 5.75 Å². The van der Waals surface area contributed by atoms with E-state index in [2.05, 4.69) is 5.32 Å². The molecule has 0 aliphatic carbocycles. The maximum atomic E-state index is 10.2. The molecule has 1 aromatic carbocycles. The van der Waals surface area contributed by atoms with E-state index in [4.69, 9.17) is 16.3 Å². The molecule has 0 heterocycles. The van der Waals surface area contributed by atoms with Gasteiger partial charge in [-0.2, -0.15) is 0 Å². The van der Waals surface area contributed by atoms with Gasteiger partial charge in [0.25, 0.3) is 0 Å². The molecule has 2 N–H and O–H groups in total. The van der Waals surface area contributed by atoms with Crippen molar-refractivity contribution in [3.63, 3.8) is 0 Å². The van der Waals surface area contributed by atoms with Gasteiger partial charge >= 0.3 is 0 Å². The summed E-state index contributed by atoms with van der Waals surface area (Å²) >= 11 is 6.27. The minimum Gasteiger partial charge on any atom is -0.496 e. The van der Waals surface area contributed by atoms with E-state index in [9.17, 15) is 5.11 Å². The zero-order valence-electron chi connectivity index (χ0n) is 11.0. The number of likely N-dealkylation sites (N-methyl/N-ethyl adjacent to an activating group) is 1. The molecule has 0 spiro atoms. The summed E-state index contributed by atoms with van der Waals surface area (Å²) in [5.41, 5.74) is 3.64. The van der Waals surface area contributed by atoms with Crippen LogP contribution in [-0.4, -0.2) is 25.8 Å². The van der Waals surface area contributed by atoms with Crippen LogP contribution in [0.5, 0.6) is 5.75 Å². The second kappa shape index (κ2) is 5.71. The maximum absolute atomic E-state index is 10.2. The fourth-order valence-electron chi connectivity index (χ4n) is 2.07. The second-order valence-corrected chi connectivity index (χ2v) is 4.59. The van der Waals surface area contributed by atoms with Crippen LogP contribution in [0, 0.1) is 20.8 Å². The SMILES string of the molecule is CNCC(O)c1c(C)c(Cl)c(C)c(C)c1OC. The Balaban J connectivity index is 3.46. The van der Waals surface area contributed by atoms with Crippen molar-refractivity contribution in [1.29, 1.82) is 0 Å². The molecule has 0 aromatic heterocycles. The highest BCUT2D eigenvalue weighted by atomic mass is 35.5. The molecule has 1 aromatic rings. The Labute approximate surface area is 108 Å². The zero-order chi connectivity index (χ0) is 13.2. The smallest absolute Gasteiger partial charge is 0.128 e. The fourth-order valence-corrected chi connectivity index (χ4v) is 2.31. The summed E-state index contributed by atoms with van der Waals surface area (Å²) in [6.45, 7) is 6.29. The monoisotopic (exact) mass is 257 g/mol. The average Bonchev–Trinajstić information content (AvgIpc) is 2.31. The molecule has 4 heteroatoms. The van der Waals surface area contributed by atoms with E-state index in [0.29, 0.717) is 11.6 Å². The molecule has 0 amide bonds. The fraction of sp³-hybridized carbons (Fsp3) is 0.538. The van der Waals surface area contributed by atoms with Crippen molar-refractivity contribution in [2.24, 2.45) is 0 Å². The number of hydrogen-bond acceptors (Lipinski definition) is 3. The largest absolute Gasteiger partial charge is 0.496 e. The van der Waals surface area contributed by atoms with Crippen LogP contribution in [0.1, 0.15) is 28.4 Å². The lowest BCUT2D eigenvalue weighted by Gasteiger charge is -2.22. The number of aliphatic hydroxyl groups is 1. The van der Waals surface area contributed by atoms with Gasteiger partial charge in [-0.1, -0.05) is 11.6 Å². The number of rotatable bonds is 4. The molecule has 0 fully saturated rings. The summed E-state index contributed by atoms with van der Waals surface area (Å²) in [6, 6.07) is 0. The summed E-state index contributed by atoms with van der Waals surface area (Å²) in [5, 5.41) is 13.8. The number of methoxy groups -OCH3 is 1. The lowest BCUT2D eigenvalue weighted by atomic mass is 9.95. The Bertz CT molecular complexity index is 419. The van der Waals surface area contributed by atoms with E-state index < -0.39 is 6.10 Å². The summed E-state index contributed by atoms with van der Waals surface area (Å²) in [7, 11) is 3.42. The van der Waals surface area contributed by atoms with Crippen molar-refractivity contribution in [2.75, 3.05) is 20.7 Å². The zero-order valence-corrected chi connectivity index (χ0v) is 11.8. The van der Waals surface area contributed by atoms with Crippen molar-refractivity contribution in [3.05, 3.63) is 27.3 Å². The Kier molecular flexibility index (Phi) is 4.80. The van der Waals surface area contributed by atoms with E-state index in [1.165, 1.54) is 0 Å². The third-order valence-corrected chi connectivity index (χ3v) is 3.71. The molecule has 0 aliphatic heterocycles. The van der Waals surface area contributed by atoms with Gasteiger partial charge in [-0.05, 0) is 44.5 Å². The first-order valence-corrected chi connectivity index (χ1v) is 5.99. The Hall–Kier alpha value is -0.770. The standard InChI is InChI=1S/C13H20ClNO2/c1-7-8(2)13(17-5)11(9(3)12(7)14)10(16)6-15-4/h10,15-16H,6H2,1-5H3. The minimum atomic E-state index is -0.619. The molecule has 3 nitrogen and oxygen atoms in total. The van der Waals surface area contributed by atoms with Gasteiger partial charge in [0.2, 0.25) is 0 Å². The quantitative estimate of drug-likeness (QED) is 0.871. The highest BCUT2D eigenvalue weighted by molar-refractivity contribution is 6.32. The van der Waals surface area contributed by atoms with Crippen LogP contribution in [0.25, 0.3) is 0 Å². The van der Waals surface area contributed by atoms with Crippen molar-refractivity contribution in [2.45, 2.75) is 26.9 Å². The van der Waals surface area contributed by atoms with Crippen LogP contribution in [0.2, 0.25) is 5.02 Å². The predicted molar refractivity (Wildman–Crippen MR) is 71.1 cm³/mol. The third-order valence-electron chi connectivity index (χ3n) is 3.15. The van der Waals surface area contributed by atoms with Gasteiger partial charge in [0.05, 0.1) is 13.2 Å². The summed E-state index contributed by atoms with van der Waals surface area (Å²) in [4.78, 5) is 0. The Morgan fingerprint density at radius 3 is 2.29 bits per heavy atom. The molecule has 17 heavy (non-hydrogen) atoms. The van der Waals surface area contributed by atoms with E-state index in [1.807, 2.05) is 20.8 Å². The summed E-state index contributed by atoms with van der Waals surface area (Å²) < 4.78 is 5.41. The van der Waals surface area contributed by atoms with E-state index in [-0.39, 0.29) is 0 Å². The minimum absolute atomic E-state index is 0.468. The second-order valence-electron chi connectivity index (χ2n) is 4.21. The van der Waals surface area contributed by atoms with Crippen LogP contribution in [-0.2, 0) is 0 Å². The van der Waals surface area contributed by atoms with Crippen LogP contribution >= 0.6 is 11.6 Å². The van der Waals surface area contributed by atoms with Gasteiger partial charge < -0.3 is 15.2 Å². The maximum Gasteiger partial charge on any atom is 0.128 e. The molecular weight excluding hydrogens is 238 g/mol. The van der Waals surface area contributed by atoms with E-state index >= 15 is 0 Å². The normalized spacial score (nSPS) is 12.6. The summed E-state index contributed by atoms with van der Waals surface area (Å²) in [5.74, 6) is 0.729. The van der Waals surface area contributed by atoms with Gasteiger partial charge in [-0.3, -0.25) is 0 Å². The molecule has 1 atom stereocenters. The molecule has 1 unspecified atom stereocenters. The topological polar surface area (TPSA) is 41.5 Å². The molecule has 0 bridgehead atoms. The molecule has 0 aliphatic rings. The number of ether oxygens (including phenoxy) is 1. The predicted octanol–water partition coefficient (Wildman–Crippen LogP) is 2.53. The first-order chi connectivity index (χ1) is 7.95. The van der Waals surface area contributed by atoms with Gasteiger partial charge in [0, 0.05) is 17.1 Å². The molecule has 96 valence electrons. The van der Waals surface area contributed by atoms with Crippen LogP contribution in [0.15, 0.2) is 0 Å². The first kappa shape index (κ1) is 14.3. The van der Waals surface area contributed by atoms with Crippen LogP contribution < -0.4 is 10.1 Å². The van der Waals surface area contributed by atoms with Gasteiger partial charge in [-0.25, -0.2) is 0 Å². The van der Waals surface area contributed by atoms with Gasteiger partial charge in [0.15, 0.2) is 0 Å². The van der Waals surface area contributed by atoms with Crippen LogP contribution in [0.3, 0.4) is 0 Å². The highest BCUT2D eigenvalue weighted by Crippen LogP contribution is 2.38. The van der Waals surface area contributed by atoms with E-state index in [1.54, 1.807) is 14.2 Å². The number of hydrogen-bond donors (Lipinski definition) is 2. The highest BCUT2D eigenvalue weighted by Gasteiger charge is 2.21. The van der Waals surface area contributed by atoms with Crippen molar-refractivity contribution in [1.82, 2.24) is 5.32 Å². The Morgan fingerprint density at radius 2 is 1.82 bits per heavy atom. The van der Waals surface area contributed by atoms with Crippen molar-refractivity contribution < 1.29 is 9.84 Å². The molecule has 1 rings (SSSR count). The lowest BCUT2D eigenvalue weighted by Crippen LogP contribution is -2.19. The number of nitrogens with one attached hydrogen (secondary N) is 1. The first-order valence-electron chi connectivity index (χ1n) is 5.61. The number of benzene rings is 1. The van der Waals surface area contributed by atoms with Crippen molar-refractivity contribution >= 4 is 11.6 Å². The molecular formula is C13H20ClNO2.